The number of imidazole rings is 1. The highest BCUT2D eigenvalue weighted by Gasteiger charge is 2.27. The first kappa shape index (κ1) is 22.3. The Morgan fingerprint density at radius 3 is 2.18 bits per heavy atom. The SMILES string of the molecule is CCOC(=O)C(C)Sc1ncc(-c2cc(C(C)(C)C)c(O)c(C(C)(C)C)c2)[nH]1. The van der Waals surface area contributed by atoms with Crippen LogP contribution in [0.15, 0.2) is 23.5 Å². The molecule has 28 heavy (non-hydrogen) atoms. The molecular weight excluding hydrogens is 372 g/mol. The number of hydrogen-bond donors (Lipinski definition) is 2. The van der Waals surface area contributed by atoms with E-state index < -0.39 is 0 Å². The van der Waals surface area contributed by atoms with Gasteiger partial charge in [-0.2, -0.15) is 0 Å². The summed E-state index contributed by atoms with van der Waals surface area (Å²) in [5.74, 6) is 0.105. The molecule has 6 heteroatoms. The summed E-state index contributed by atoms with van der Waals surface area (Å²) < 4.78 is 5.06. The fourth-order valence-electron chi connectivity index (χ4n) is 2.92. The first-order valence-electron chi connectivity index (χ1n) is 9.61. The third-order valence-corrected chi connectivity index (χ3v) is 5.47. The van der Waals surface area contributed by atoms with Crippen molar-refractivity contribution in [2.24, 2.45) is 0 Å². The van der Waals surface area contributed by atoms with Crippen molar-refractivity contribution in [3.63, 3.8) is 0 Å². The van der Waals surface area contributed by atoms with Crippen LogP contribution in [0.5, 0.6) is 5.75 Å². The van der Waals surface area contributed by atoms with E-state index in [2.05, 4.69) is 51.5 Å². The number of ether oxygens (including phenoxy) is 1. The number of esters is 1. The summed E-state index contributed by atoms with van der Waals surface area (Å²) >= 11 is 1.34. The lowest BCUT2D eigenvalue weighted by atomic mass is 9.78. The van der Waals surface area contributed by atoms with Gasteiger partial charge < -0.3 is 14.8 Å². The molecule has 0 aliphatic heterocycles. The molecule has 0 aliphatic rings. The Kier molecular flexibility index (Phi) is 6.54. The number of carbonyl (C=O) groups excluding carboxylic acids is 1. The van der Waals surface area contributed by atoms with Crippen LogP contribution in [0, 0.1) is 0 Å². The van der Waals surface area contributed by atoms with Crippen molar-refractivity contribution in [1.29, 1.82) is 0 Å². The van der Waals surface area contributed by atoms with E-state index in [-0.39, 0.29) is 22.0 Å². The molecule has 0 fully saturated rings. The van der Waals surface area contributed by atoms with E-state index in [1.807, 2.05) is 12.1 Å². The predicted octanol–water partition coefficient (Wildman–Crippen LogP) is 5.42. The number of carbonyl (C=O) groups is 1. The molecule has 0 radical (unpaired) electrons. The summed E-state index contributed by atoms with van der Waals surface area (Å²) in [6.07, 6.45) is 1.77. The molecule has 2 N–H and O–H groups in total. The molecule has 154 valence electrons. The van der Waals surface area contributed by atoms with E-state index in [0.29, 0.717) is 17.5 Å². The zero-order valence-corrected chi connectivity index (χ0v) is 19.0. The summed E-state index contributed by atoms with van der Waals surface area (Å²) in [4.78, 5) is 19.6. The number of aromatic hydroxyl groups is 1. The number of aromatic nitrogens is 2. The third-order valence-electron chi connectivity index (χ3n) is 4.50. The van der Waals surface area contributed by atoms with Crippen LogP contribution >= 0.6 is 11.8 Å². The van der Waals surface area contributed by atoms with E-state index in [1.165, 1.54) is 11.8 Å². The van der Waals surface area contributed by atoms with Crippen molar-refractivity contribution in [2.45, 2.75) is 76.6 Å². The molecule has 0 aliphatic carbocycles. The number of phenolic OH excluding ortho intramolecular Hbond substituents is 1. The Labute approximate surface area is 172 Å². The molecule has 5 nitrogen and oxygen atoms in total. The van der Waals surface area contributed by atoms with Crippen molar-refractivity contribution < 1.29 is 14.6 Å². The lowest BCUT2D eigenvalue weighted by Gasteiger charge is -2.28. The van der Waals surface area contributed by atoms with Gasteiger partial charge in [0.2, 0.25) is 0 Å². The van der Waals surface area contributed by atoms with E-state index in [9.17, 15) is 9.90 Å². The number of benzene rings is 1. The monoisotopic (exact) mass is 404 g/mol. The van der Waals surface area contributed by atoms with Crippen molar-refractivity contribution in [2.75, 3.05) is 6.61 Å². The van der Waals surface area contributed by atoms with Crippen LogP contribution in [0.25, 0.3) is 11.3 Å². The first-order chi connectivity index (χ1) is 12.8. The molecule has 1 atom stereocenters. The van der Waals surface area contributed by atoms with Gasteiger partial charge in [0.1, 0.15) is 11.0 Å². The molecule has 1 aromatic heterocycles. The van der Waals surface area contributed by atoms with Gasteiger partial charge in [0, 0.05) is 16.7 Å². The average molecular weight is 405 g/mol. The third kappa shape index (κ3) is 5.10. The van der Waals surface area contributed by atoms with Crippen LogP contribution in [0.3, 0.4) is 0 Å². The molecule has 2 aromatic rings. The zero-order valence-electron chi connectivity index (χ0n) is 18.1. The van der Waals surface area contributed by atoms with Gasteiger partial charge in [-0.05, 0) is 36.8 Å². The van der Waals surface area contributed by atoms with Gasteiger partial charge >= 0.3 is 5.97 Å². The second kappa shape index (κ2) is 8.19. The Bertz CT molecular complexity index is 809. The topological polar surface area (TPSA) is 75.2 Å². The number of nitrogens with zero attached hydrogens (tertiary/aromatic N) is 1. The largest absolute Gasteiger partial charge is 0.507 e. The maximum absolute atomic E-state index is 11.9. The molecule has 1 aromatic carbocycles. The molecule has 0 saturated carbocycles. The molecular formula is C22H32N2O3S. The highest BCUT2D eigenvalue weighted by atomic mass is 32.2. The molecule has 0 spiro atoms. The minimum atomic E-state index is -0.339. The maximum atomic E-state index is 11.9. The second-order valence-corrected chi connectivity index (χ2v) is 10.4. The fourth-order valence-corrected chi connectivity index (χ4v) is 3.70. The summed E-state index contributed by atoms with van der Waals surface area (Å²) in [5.41, 5.74) is 3.23. The van der Waals surface area contributed by atoms with Crippen LogP contribution in [-0.4, -0.2) is 32.9 Å². The Morgan fingerprint density at radius 2 is 1.71 bits per heavy atom. The fraction of sp³-hybridized carbons (Fsp3) is 0.545. The van der Waals surface area contributed by atoms with Crippen molar-refractivity contribution >= 4 is 17.7 Å². The van der Waals surface area contributed by atoms with Crippen LogP contribution in [-0.2, 0) is 20.4 Å². The highest BCUT2D eigenvalue weighted by molar-refractivity contribution is 8.00. The zero-order chi connectivity index (χ0) is 21.3. The van der Waals surface area contributed by atoms with Crippen LogP contribution in [0.2, 0.25) is 0 Å². The van der Waals surface area contributed by atoms with Crippen LogP contribution in [0.4, 0.5) is 0 Å². The Balaban J connectivity index is 2.43. The molecule has 2 rings (SSSR count). The predicted molar refractivity (Wildman–Crippen MR) is 115 cm³/mol. The van der Waals surface area contributed by atoms with E-state index >= 15 is 0 Å². The lowest BCUT2D eigenvalue weighted by Crippen LogP contribution is -2.17. The molecule has 1 unspecified atom stereocenters. The first-order valence-corrected chi connectivity index (χ1v) is 10.5. The number of rotatable bonds is 5. The smallest absolute Gasteiger partial charge is 0.319 e. The van der Waals surface area contributed by atoms with Gasteiger partial charge in [-0.3, -0.25) is 4.79 Å². The Morgan fingerprint density at radius 1 is 1.18 bits per heavy atom. The average Bonchev–Trinajstić information content (AvgIpc) is 3.01. The van der Waals surface area contributed by atoms with E-state index in [4.69, 9.17) is 4.74 Å². The van der Waals surface area contributed by atoms with Gasteiger partial charge in [0.25, 0.3) is 0 Å². The second-order valence-electron chi connectivity index (χ2n) is 9.03. The summed E-state index contributed by atoms with van der Waals surface area (Å²) in [6.45, 7) is 16.5. The quantitative estimate of drug-likeness (QED) is 0.514. The van der Waals surface area contributed by atoms with Crippen LogP contribution < -0.4 is 0 Å². The molecule has 1 heterocycles. The lowest BCUT2D eigenvalue weighted by molar-refractivity contribution is -0.142. The van der Waals surface area contributed by atoms with Gasteiger partial charge in [0.15, 0.2) is 5.16 Å². The summed E-state index contributed by atoms with van der Waals surface area (Å²) in [5, 5.41) is 11.2. The van der Waals surface area contributed by atoms with Gasteiger partial charge in [-0.15, -0.1) is 0 Å². The standard InChI is InChI=1S/C22H32N2O3S/c1-9-27-19(26)13(2)28-20-23-12-17(24-20)14-10-15(21(3,4)5)18(25)16(11-14)22(6,7)8/h10-13,25H,9H2,1-8H3,(H,23,24). The normalized spacial score (nSPS) is 13.4. The molecule has 0 bridgehead atoms. The van der Waals surface area contributed by atoms with Gasteiger partial charge in [0.05, 0.1) is 18.5 Å². The highest BCUT2D eigenvalue weighted by Crippen LogP contribution is 2.41. The van der Waals surface area contributed by atoms with Crippen molar-refractivity contribution in [1.82, 2.24) is 9.97 Å². The minimum Gasteiger partial charge on any atom is -0.507 e. The van der Waals surface area contributed by atoms with Gasteiger partial charge in [-0.25, -0.2) is 4.98 Å². The summed E-state index contributed by atoms with van der Waals surface area (Å²) in [6, 6.07) is 4.03. The van der Waals surface area contributed by atoms with Crippen molar-refractivity contribution in [3.8, 4) is 17.0 Å². The summed E-state index contributed by atoms with van der Waals surface area (Å²) in [7, 11) is 0. The number of thioether (sulfide) groups is 1. The number of hydrogen-bond acceptors (Lipinski definition) is 5. The molecule has 0 amide bonds. The number of phenols is 1. The van der Waals surface area contributed by atoms with E-state index in [0.717, 1.165) is 22.4 Å². The number of H-pyrrole nitrogens is 1. The van der Waals surface area contributed by atoms with Crippen molar-refractivity contribution in [3.05, 3.63) is 29.5 Å². The Hall–Kier alpha value is -1.95. The van der Waals surface area contributed by atoms with E-state index in [1.54, 1.807) is 20.0 Å². The molecule has 0 saturated heterocycles. The van der Waals surface area contributed by atoms with Crippen LogP contribution in [0.1, 0.15) is 66.5 Å². The van der Waals surface area contributed by atoms with Gasteiger partial charge in [-0.1, -0.05) is 53.3 Å². The number of nitrogens with one attached hydrogen (secondary N) is 1. The number of aromatic amines is 1. The minimum absolute atomic E-state index is 0.198. The maximum Gasteiger partial charge on any atom is 0.319 e.